The molecule has 0 aliphatic heterocycles. The van der Waals surface area contributed by atoms with Crippen LogP contribution in [0, 0.1) is 10.1 Å². The maximum Gasteiger partial charge on any atom is 0.276 e. The van der Waals surface area contributed by atoms with E-state index >= 15 is 0 Å². The smallest absolute Gasteiger partial charge is 0.276 e. The SMILES string of the molecule is CNc1cc([N+](=O)[O-])cc(NCC(C)(C)O)n1. The van der Waals surface area contributed by atoms with E-state index in [0.717, 1.165) is 0 Å². The molecule has 0 amide bonds. The largest absolute Gasteiger partial charge is 0.389 e. The van der Waals surface area contributed by atoms with Crippen molar-refractivity contribution in [2.24, 2.45) is 0 Å². The van der Waals surface area contributed by atoms with Crippen molar-refractivity contribution in [1.29, 1.82) is 0 Å². The Bertz CT molecular complexity index is 415. The van der Waals surface area contributed by atoms with Gasteiger partial charge in [-0.15, -0.1) is 0 Å². The first-order chi connectivity index (χ1) is 7.81. The molecule has 1 aromatic heterocycles. The van der Waals surface area contributed by atoms with Gasteiger partial charge in [0.15, 0.2) is 0 Å². The Kier molecular flexibility index (Phi) is 3.84. The van der Waals surface area contributed by atoms with Gasteiger partial charge in [-0.2, -0.15) is 0 Å². The van der Waals surface area contributed by atoms with Gasteiger partial charge in [-0.1, -0.05) is 0 Å². The standard InChI is InChI=1S/C10H16N4O3/c1-10(2,15)6-12-9-5-7(14(16)17)4-8(11-3)13-9/h4-5,15H,6H2,1-3H3,(H2,11,12,13). The molecule has 0 aliphatic rings. The van der Waals surface area contributed by atoms with Gasteiger partial charge in [-0.25, -0.2) is 4.98 Å². The van der Waals surface area contributed by atoms with Crippen molar-refractivity contribution in [3.63, 3.8) is 0 Å². The number of hydrogen-bond acceptors (Lipinski definition) is 6. The molecule has 0 atom stereocenters. The molecule has 0 saturated heterocycles. The van der Waals surface area contributed by atoms with E-state index in [1.54, 1.807) is 20.9 Å². The van der Waals surface area contributed by atoms with E-state index in [9.17, 15) is 15.2 Å². The summed E-state index contributed by atoms with van der Waals surface area (Å²) in [4.78, 5) is 14.3. The summed E-state index contributed by atoms with van der Waals surface area (Å²) in [5.41, 5.74) is -0.964. The molecule has 7 heteroatoms. The van der Waals surface area contributed by atoms with Crippen molar-refractivity contribution >= 4 is 17.3 Å². The quantitative estimate of drug-likeness (QED) is 0.528. The summed E-state index contributed by atoms with van der Waals surface area (Å²) in [6.45, 7) is 3.52. The predicted octanol–water partition coefficient (Wildman–Crippen LogP) is 1.21. The maximum atomic E-state index is 10.7. The van der Waals surface area contributed by atoms with Crippen molar-refractivity contribution in [2.45, 2.75) is 19.4 Å². The minimum atomic E-state index is -0.911. The van der Waals surface area contributed by atoms with Crippen LogP contribution in [0.4, 0.5) is 17.3 Å². The highest BCUT2D eigenvalue weighted by atomic mass is 16.6. The van der Waals surface area contributed by atoms with Gasteiger partial charge >= 0.3 is 0 Å². The second kappa shape index (κ2) is 4.96. The lowest BCUT2D eigenvalue weighted by molar-refractivity contribution is -0.384. The zero-order valence-electron chi connectivity index (χ0n) is 10.0. The lowest BCUT2D eigenvalue weighted by atomic mass is 10.1. The molecule has 0 spiro atoms. The summed E-state index contributed by atoms with van der Waals surface area (Å²) in [5.74, 6) is 0.753. The van der Waals surface area contributed by atoms with Gasteiger partial charge in [0.05, 0.1) is 22.7 Å². The highest BCUT2D eigenvalue weighted by Crippen LogP contribution is 2.20. The minimum Gasteiger partial charge on any atom is -0.389 e. The summed E-state index contributed by atoms with van der Waals surface area (Å²) >= 11 is 0. The van der Waals surface area contributed by atoms with Crippen LogP contribution < -0.4 is 10.6 Å². The first-order valence-electron chi connectivity index (χ1n) is 5.12. The molecular formula is C10H16N4O3. The molecule has 1 heterocycles. The van der Waals surface area contributed by atoms with Gasteiger partial charge < -0.3 is 15.7 Å². The van der Waals surface area contributed by atoms with Crippen LogP contribution in [0.5, 0.6) is 0 Å². The molecule has 7 nitrogen and oxygen atoms in total. The highest BCUT2D eigenvalue weighted by Gasteiger charge is 2.15. The van der Waals surface area contributed by atoms with Crippen molar-refractivity contribution in [2.75, 3.05) is 24.2 Å². The summed E-state index contributed by atoms with van der Waals surface area (Å²) in [6, 6.07) is 2.67. The molecule has 0 unspecified atom stereocenters. The molecule has 0 radical (unpaired) electrons. The van der Waals surface area contributed by atoms with Gasteiger partial charge in [0.25, 0.3) is 5.69 Å². The Hall–Kier alpha value is -1.89. The number of rotatable bonds is 5. The van der Waals surface area contributed by atoms with Gasteiger partial charge in [0.1, 0.15) is 11.6 Å². The van der Waals surface area contributed by atoms with Crippen LogP contribution in [0.25, 0.3) is 0 Å². The Labute approximate surface area is 99.0 Å². The summed E-state index contributed by atoms with van der Waals surface area (Å²) in [6.07, 6.45) is 0. The molecule has 0 bridgehead atoms. The molecule has 0 aliphatic carbocycles. The average Bonchev–Trinajstić information content (AvgIpc) is 2.25. The number of nitrogens with one attached hydrogen (secondary N) is 2. The predicted molar refractivity (Wildman–Crippen MR) is 65.2 cm³/mol. The van der Waals surface area contributed by atoms with E-state index < -0.39 is 10.5 Å². The Morgan fingerprint density at radius 2 is 2.06 bits per heavy atom. The molecule has 0 aromatic carbocycles. The van der Waals surface area contributed by atoms with Crippen LogP contribution in [0.15, 0.2) is 12.1 Å². The van der Waals surface area contributed by atoms with E-state index in [1.807, 2.05) is 0 Å². The number of nitro groups is 1. The number of pyridine rings is 1. The van der Waals surface area contributed by atoms with Gasteiger partial charge in [0, 0.05) is 13.6 Å². The molecule has 3 N–H and O–H groups in total. The highest BCUT2D eigenvalue weighted by molar-refractivity contribution is 5.54. The van der Waals surface area contributed by atoms with Crippen LogP contribution in [-0.4, -0.2) is 34.2 Å². The number of aliphatic hydroxyl groups is 1. The maximum absolute atomic E-state index is 10.7. The Balaban J connectivity index is 2.91. The molecule has 17 heavy (non-hydrogen) atoms. The Morgan fingerprint density at radius 3 is 2.53 bits per heavy atom. The normalized spacial score (nSPS) is 11.1. The van der Waals surface area contributed by atoms with E-state index in [0.29, 0.717) is 11.6 Å². The minimum absolute atomic E-state index is 0.0532. The summed E-state index contributed by atoms with van der Waals surface area (Å²) in [5, 5.41) is 25.8. The third-order valence-corrected chi connectivity index (χ3v) is 1.98. The van der Waals surface area contributed by atoms with E-state index in [4.69, 9.17) is 0 Å². The summed E-state index contributed by atoms with van der Waals surface area (Å²) in [7, 11) is 1.63. The van der Waals surface area contributed by atoms with Gasteiger partial charge in [-0.05, 0) is 13.8 Å². The third kappa shape index (κ3) is 4.23. The van der Waals surface area contributed by atoms with Crippen molar-refractivity contribution in [3.05, 3.63) is 22.2 Å². The second-order valence-electron chi connectivity index (χ2n) is 4.27. The fraction of sp³-hybridized carbons (Fsp3) is 0.500. The number of hydrogen-bond donors (Lipinski definition) is 3. The molecule has 1 aromatic rings. The van der Waals surface area contributed by atoms with Crippen LogP contribution in [0.1, 0.15) is 13.8 Å². The molecule has 1 rings (SSSR count). The molecule has 0 fully saturated rings. The van der Waals surface area contributed by atoms with Gasteiger partial charge in [0.2, 0.25) is 0 Å². The molecule has 0 saturated carbocycles. The molecule has 94 valence electrons. The zero-order chi connectivity index (χ0) is 13.1. The van der Waals surface area contributed by atoms with Gasteiger partial charge in [-0.3, -0.25) is 10.1 Å². The second-order valence-corrected chi connectivity index (χ2v) is 4.27. The van der Waals surface area contributed by atoms with E-state index in [1.165, 1.54) is 12.1 Å². The summed E-state index contributed by atoms with van der Waals surface area (Å²) < 4.78 is 0. The average molecular weight is 240 g/mol. The topological polar surface area (TPSA) is 100 Å². The zero-order valence-corrected chi connectivity index (χ0v) is 10.0. The third-order valence-electron chi connectivity index (χ3n) is 1.98. The fourth-order valence-electron chi connectivity index (χ4n) is 1.15. The lowest BCUT2D eigenvalue weighted by Gasteiger charge is -2.18. The van der Waals surface area contributed by atoms with Crippen LogP contribution in [0.3, 0.4) is 0 Å². The van der Waals surface area contributed by atoms with Crippen molar-refractivity contribution in [3.8, 4) is 0 Å². The first-order valence-corrected chi connectivity index (χ1v) is 5.12. The fourth-order valence-corrected chi connectivity index (χ4v) is 1.15. The number of anilines is 2. The van der Waals surface area contributed by atoms with Crippen LogP contribution >= 0.6 is 0 Å². The number of aromatic nitrogens is 1. The first kappa shape index (κ1) is 13.2. The Morgan fingerprint density at radius 1 is 1.47 bits per heavy atom. The van der Waals surface area contributed by atoms with Crippen molar-refractivity contribution in [1.82, 2.24) is 4.98 Å². The molecular weight excluding hydrogens is 224 g/mol. The monoisotopic (exact) mass is 240 g/mol. The van der Waals surface area contributed by atoms with Crippen LogP contribution in [-0.2, 0) is 0 Å². The lowest BCUT2D eigenvalue weighted by Crippen LogP contribution is -2.29. The van der Waals surface area contributed by atoms with E-state index in [2.05, 4.69) is 15.6 Å². The number of nitrogens with zero attached hydrogens (tertiary/aromatic N) is 2. The van der Waals surface area contributed by atoms with Crippen LogP contribution in [0.2, 0.25) is 0 Å². The van der Waals surface area contributed by atoms with E-state index in [-0.39, 0.29) is 12.2 Å². The van der Waals surface area contributed by atoms with Crippen molar-refractivity contribution < 1.29 is 10.0 Å².